The number of para-hydroxylation sites is 1. The first-order valence-electron chi connectivity index (χ1n) is 7.49. The summed E-state index contributed by atoms with van der Waals surface area (Å²) in [6, 6.07) is 11.6. The zero-order valence-corrected chi connectivity index (χ0v) is 13.6. The van der Waals surface area contributed by atoms with Crippen LogP contribution in [-0.2, 0) is 11.3 Å². The average molecular weight is 358 g/mol. The van der Waals surface area contributed by atoms with Crippen molar-refractivity contribution in [2.24, 2.45) is 0 Å². The van der Waals surface area contributed by atoms with Gasteiger partial charge in [-0.2, -0.15) is 0 Å². The molecule has 0 spiro atoms. The van der Waals surface area contributed by atoms with Crippen molar-refractivity contribution in [3.05, 3.63) is 69.0 Å². The summed E-state index contributed by atoms with van der Waals surface area (Å²) in [6.45, 7) is 0.105. The number of ether oxygens (including phenoxy) is 3. The molecule has 0 aliphatic carbocycles. The van der Waals surface area contributed by atoms with Crippen molar-refractivity contribution >= 4 is 28.5 Å². The first-order chi connectivity index (χ1) is 12.1. The Kier molecular flexibility index (Phi) is 3.82. The molecule has 6 nitrogen and oxygen atoms in total. The minimum absolute atomic E-state index is 0.00365. The lowest BCUT2D eigenvalue weighted by molar-refractivity contribution is 0.0474. The Morgan fingerprint density at radius 1 is 1.20 bits per heavy atom. The average Bonchev–Trinajstić information content (AvgIpc) is 3.08. The van der Waals surface area contributed by atoms with E-state index in [0.717, 1.165) is 0 Å². The second-order valence-electron chi connectivity index (χ2n) is 5.48. The van der Waals surface area contributed by atoms with Crippen LogP contribution in [0.15, 0.2) is 47.3 Å². The normalized spacial score (nSPS) is 12.4. The quantitative estimate of drug-likeness (QED) is 0.728. The van der Waals surface area contributed by atoms with Crippen LogP contribution in [0.25, 0.3) is 10.9 Å². The molecule has 0 saturated heterocycles. The molecule has 3 aromatic rings. The van der Waals surface area contributed by atoms with Gasteiger partial charge < -0.3 is 19.2 Å². The predicted molar refractivity (Wildman–Crippen MR) is 91.3 cm³/mol. The minimum Gasteiger partial charge on any atom is -0.457 e. The summed E-state index contributed by atoms with van der Waals surface area (Å²) in [5, 5.41) is 1.01. The molecule has 7 heteroatoms. The first kappa shape index (κ1) is 15.5. The number of esters is 1. The van der Waals surface area contributed by atoms with E-state index in [-0.39, 0.29) is 24.5 Å². The number of aromatic nitrogens is 1. The fourth-order valence-electron chi connectivity index (χ4n) is 2.70. The van der Waals surface area contributed by atoms with Gasteiger partial charge in [0.25, 0.3) is 0 Å². The lowest BCUT2D eigenvalue weighted by atomic mass is 10.1. The minimum atomic E-state index is -0.587. The van der Waals surface area contributed by atoms with Crippen molar-refractivity contribution in [1.29, 1.82) is 0 Å². The summed E-state index contributed by atoms with van der Waals surface area (Å²) >= 11 is 6.12. The van der Waals surface area contributed by atoms with E-state index in [1.54, 1.807) is 36.4 Å². The number of fused-ring (bicyclic) bond motifs is 2. The number of rotatable bonds is 3. The van der Waals surface area contributed by atoms with E-state index >= 15 is 0 Å². The highest BCUT2D eigenvalue weighted by Crippen LogP contribution is 2.39. The number of carbonyl (C=O) groups excluding carboxylic acids is 1. The van der Waals surface area contributed by atoms with Crippen LogP contribution in [0.5, 0.6) is 11.5 Å². The second-order valence-corrected chi connectivity index (χ2v) is 5.89. The van der Waals surface area contributed by atoms with Crippen molar-refractivity contribution in [2.45, 2.75) is 6.61 Å². The number of nitrogens with one attached hydrogen (secondary N) is 1. The molecule has 1 aromatic heterocycles. The Balaban J connectivity index is 1.59. The van der Waals surface area contributed by atoms with Crippen LogP contribution in [0.2, 0.25) is 5.02 Å². The monoisotopic (exact) mass is 357 g/mol. The van der Waals surface area contributed by atoms with Crippen LogP contribution >= 0.6 is 11.6 Å². The van der Waals surface area contributed by atoms with E-state index in [0.29, 0.717) is 33.0 Å². The number of hydrogen-bond acceptors (Lipinski definition) is 5. The number of H-pyrrole nitrogens is 1. The van der Waals surface area contributed by atoms with E-state index in [9.17, 15) is 9.59 Å². The predicted octanol–water partition coefficient (Wildman–Crippen LogP) is 3.27. The lowest BCUT2D eigenvalue weighted by Crippen LogP contribution is -2.12. The SMILES string of the molecule is O=C(OCc1cc(Cl)c2c(c1)OCO2)c1cc(=O)[nH]c2ccccc12. The van der Waals surface area contributed by atoms with Gasteiger partial charge in [0.05, 0.1) is 10.6 Å². The smallest absolute Gasteiger partial charge is 0.339 e. The highest BCUT2D eigenvalue weighted by molar-refractivity contribution is 6.32. The van der Waals surface area contributed by atoms with E-state index in [1.165, 1.54) is 6.07 Å². The molecular weight excluding hydrogens is 346 g/mol. The van der Waals surface area contributed by atoms with Crippen LogP contribution in [0.3, 0.4) is 0 Å². The summed E-state index contributed by atoms with van der Waals surface area (Å²) in [7, 11) is 0. The Morgan fingerprint density at radius 3 is 2.92 bits per heavy atom. The molecule has 0 amide bonds. The Morgan fingerprint density at radius 2 is 2.04 bits per heavy atom. The number of hydrogen-bond donors (Lipinski definition) is 1. The van der Waals surface area contributed by atoms with Crippen LogP contribution in [0.1, 0.15) is 15.9 Å². The van der Waals surface area contributed by atoms with Gasteiger partial charge in [0.2, 0.25) is 12.4 Å². The van der Waals surface area contributed by atoms with Crippen LogP contribution < -0.4 is 15.0 Å². The zero-order valence-electron chi connectivity index (χ0n) is 12.9. The molecule has 1 N–H and O–H groups in total. The molecule has 4 rings (SSSR count). The standard InChI is InChI=1S/C18H12ClNO5/c19-13-5-10(6-15-17(13)25-9-24-15)8-23-18(22)12-7-16(21)20-14-4-2-1-3-11(12)14/h1-7H,8-9H2,(H,20,21). The van der Waals surface area contributed by atoms with Crippen molar-refractivity contribution < 1.29 is 19.0 Å². The number of benzene rings is 2. The highest BCUT2D eigenvalue weighted by Gasteiger charge is 2.19. The summed E-state index contributed by atoms with van der Waals surface area (Å²) in [6.07, 6.45) is 0. The van der Waals surface area contributed by atoms with Gasteiger partial charge in [0.1, 0.15) is 6.61 Å². The van der Waals surface area contributed by atoms with Gasteiger partial charge >= 0.3 is 5.97 Å². The van der Waals surface area contributed by atoms with Crippen LogP contribution in [-0.4, -0.2) is 17.7 Å². The molecule has 0 bridgehead atoms. The number of carbonyl (C=O) groups is 1. The molecule has 0 saturated carbocycles. The van der Waals surface area contributed by atoms with E-state index in [4.69, 9.17) is 25.8 Å². The van der Waals surface area contributed by atoms with Gasteiger partial charge in [-0.05, 0) is 23.8 Å². The fraction of sp³-hybridized carbons (Fsp3) is 0.111. The van der Waals surface area contributed by atoms with Gasteiger partial charge in [0, 0.05) is 17.0 Å². The summed E-state index contributed by atoms with van der Waals surface area (Å²) in [5.74, 6) is 0.411. The summed E-state index contributed by atoms with van der Waals surface area (Å²) in [4.78, 5) is 26.9. The van der Waals surface area contributed by atoms with Crippen molar-refractivity contribution in [3.8, 4) is 11.5 Å². The van der Waals surface area contributed by atoms with Gasteiger partial charge in [-0.15, -0.1) is 0 Å². The van der Waals surface area contributed by atoms with Crippen molar-refractivity contribution in [2.75, 3.05) is 6.79 Å². The van der Waals surface area contributed by atoms with E-state index in [1.807, 2.05) is 0 Å². The number of pyridine rings is 1. The molecular formula is C18H12ClNO5. The third-order valence-corrected chi connectivity index (χ3v) is 4.11. The molecule has 0 radical (unpaired) electrons. The molecule has 0 fully saturated rings. The van der Waals surface area contributed by atoms with Crippen molar-refractivity contribution in [1.82, 2.24) is 4.98 Å². The van der Waals surface area contributed by atoms with E-state index < -0.39 is 5.97 Å². The van der Waals surface area contributed by atoms with Gasteiger partial charge in [-0.3, -0.25) is 4.79 Å². The Labute approximate surface area is 146 Å². The number of halogens is 1. The molecule has 25 heavy (non-hydrogen) atoms. The van der Waals surface area contributed by atoms with Crippen LogP contribution in [0.4, 0.5) is 0 Å². The maximum absolute atomic E-state index is 12.4. The molecule has 2 aromatic carbocycles. The van der Waals surface area contributed by atoms with Gasteiger partial charge in [-0.25, -0.2) is 4.79 Å². The molecule has 126 valence electrons. The van der Waals surface area contributed by atoms with E-state index in [2.05, 4.69) is 4.98 Å². The Hall–Kier alpha value is -2.99. The third-order valence-electron chi connectivity index (χ3n) is 3.83. The first-order valence-corrected chi connectivity index (χ1v) is 7.87. The molecule has 0 unspecified atom stereocenters. The maximum atomic E-state index is 12.4. The molecule has 0 atom stereocenters. The Bertz CT molecular complexity index is 1040. The highest BCUT2D eigenvalue weighted by atomic mass is 35.5. The molecule has 1 aliphatic heterocycles. The maximum Gasteiger partial charge on any atom is 0.339 e. The molecule has 2 heterocycles. The molecule has 1 aliphatic rings. The second kappa shape index (κ2) is 6.14. The largest absolute Gasteiger partial charge is 0.457 e. The van der Waals surface area contributed by atoms with Crippen LogP contribution in [0, 0.1) is 0 Å². The summed E-state index contributed by atoms with van der Waals surface area (Å²) < 4.78 is 15.9. The number of aromatic amines is 1. The fourth-order valence-corrected chi connectivity index (χ4v) is 2.99. The topological polar surface area (TPSA) is 77.6 Å². The zero-order chi connectivity index (χ0) is 17.4. The summed E-state index contributed by atoms with van der Waals surface area (Å²) in [5.41, 5.74) is 1.09. The third kappa shape index (κ3) is 2.92. The van der Waals surface area contributed by atoms with Crippen molar-refractivity contribution in [3.63, 3.8) is 0 Å². The lowest BCUT2D eigenvalue weighted by Gasteiger charge is -2.08. The van der Waals surface area contributed by atoms with Gasteiger partial charge in [0.15, 0.2) is 11.5 Å². The van der Waals surface area contributed by atoms with Gasteiger partial charge in [-0.1, -0.05) is 29.8 Å².